The van der Waals surface area contributed by atoms with Crippen LogP contribution in [0.15, 0.2) is 53.5 Å². The summed E-state index contributed by atoms with van der Waals surface area (Å²) in [5.74, 6) is 1.07. The molecular formula is C26H33F3N4O. The van der Waals surface area contributed by atoms with Crippen molar-refractivity contribution >= 4 is 11.5 Å². The molecule has 2 unspecified atom stereocenters. The summed E-state index contributed by atoms with van der Waals surface area (Å²) in [6.07, 6.45) is 0.0826. The second-order valence-corrected chi connectivity index (χ2v) is 9.60. The van der Waals surface area contributed by atoms with Gasteiger partial charge in [0, 0.05) is 23.7 Å². The highest BCUT2D eigenvalue weighted by atomic mass is 19.4. The molecule has 0 saturated heterocycles. The summed E-state index contributed by atoms with van der Waals surface area (Å²) in [5, 5.41) is 6.95. The number of nitrogens with two attached hydrogens (primary N) is 1. The first-order valence-corrected chi connectivity index (χ1v) is 11.9. The van der Waals surface area contributed by atoms with E-state index in [-0.39, 0.29) is 29.3 Å². The highest BCUT2D eigenvalue weighted by Gasteiger charge is 2.35. The Morgan fingerprint density at radius 1 is 1.12 bits per heavy atom. The minimum Gasteiger partial charge on any atom is -0.406 e. The number of halogens is 3. The van der Waals surface area contributed by atoms with Crippen LogP contribution in [-0.4, -0.2) is 31.3 Å². The fourth-order valence-corrected chi connectivity index (χ4v) is 5.20. The molecule has 5 nitrogen and oxygen atoms in total. The van der Waals surface area contributed by atoms with Crippen LogP contribution in [0.5, 0.6) is 5.75 Å². The van der Waals surface area contributed by atoms with Gasteiger partial charge < -0.3 is 21.1 Å². The van der Waals surface area contributed by atoms with E-state index < -0.39 is 6.36 Å². The van der Waals surface area contributed by atoms with Gasteiger partial charge in [-0.25, -0.2) is 0 Å². The molecule has 0 amide bonds. The number of rotatable bonds is 6. The minimum atomic E-state index is -4.71. The van der Waals surface area contributed by atoms with Crippen LogP contribution in [0.25, 0.3) is 0 Å². The van der Waals surface area contributed by atoms with Crippen LogP contribution in [0.3, 0.4) is 0 Å². The van der Waals surface area contributed by atoms with Gasteiger partial charge >= 0.3 is 6.36 Å². The topological polar surface area (TPSA) is 71.7 Å². The van der Waals surface area contributed by atoms with Gasteiger partial charge in [-0.1, -0.05) is 36.4 Å². The van der Waals surface area contributed by atoms with E-state index >= 15 is 0 Å². The second-order valence-electron chi connectivity index (χ2n) is 9.60. The molecule has 0 bridgehead atoms. The number of aliphatic imine (C=N–C) groups is 1. The molecule has 1 aliphatic heterocycles. The SMILES string of the molecule is CNC1(C)CC(=NC2CCC(C(N)Cc3ccccc3OC(F)(F)F)CC2)Nc2ccccc21. The van der Waals surface area contributed by atoms with Crippen LogP contribution in [0, 0.1) is 5.92 Å². The summed E-state index contributed by atoms with van der Waals surface area (Å²) in [4.78, 5) is 5.05. The van der Waals surface area contributed by atoms with E-state index in [1.165, 1.54) is 17.7 Å². The summed E-state index contributed by atoms with van der Waals surface area (Å²) in [7, 11) is 1.98. The van der Waals surface area contributed by atoms with Crippen LogP contribution in [-0.2, 0) is 12.0 Å². The van der Waals surface area contributed by atoms with Crippen molar-refractivity contribution in [3.8, 4) is 5.75 Å². The fraction of sp³-hybridized carbons (Fsp3) is 0.500. The van der Waals surface area contributed by atoms with Crippen molar-refractivity contribution in [3.05, 3.63) is 59.7 Å². The Morgan fingerprint density at radius 2 is 1.79 bits per heavy atom. The number of nitrogens with zero attached hydrogens (tertiary/aromatic N) is 1. The molecule has 1 saturated carbocycles. The van der Waals surface area contributed by atoms with E-state index in [9.17, 15) is 13.2 Å². The molecule has 0 spiro atoms. The van der Waals surface area contributed by atoms with Gasteiger partial charge in [0.2, 0.25) is 0 Å². The normalized spacial score (nSPS) is 27.1. The second kappa shape index (κ2) is 9.96. The molecule has 2 aromatic carbocycles. The van der Waals surface area contributed by atoms with Crippen LogP contribution in [0.1, 0.15) is 50.2 Å². The number of hydrogen-bond acceptors (Lipinski definition) is 4. The third-order valence-electron chi connectivity index (χ3n) is 7.21. The van der Waals surface area contributed by atoms with Crippen LogP contribution < -0.4 is 21.1 Å². The smallest absolute Gasteiger partial charge is 0.406 e. The van der Waals surface area contributed by atoms with Gasteiger partial charge in [0.25, 0.3) is 0 Å². The van der Waals surface area contributed by atoms with Gasteiger partial charge in [-0.05, 0) is 75.3 Å². The third-order valence-corrected chi connectivity index (χ3v) is 7.21. The zero-order chi connectivity index (χ0) is 24.3. The van der Waals surface area contributed by atoms with Crippen molar-refractivity contribution in [1.82, 2.24) is 5.32 Å². The predicted octanol–water partition coefficient (Wildman–Crippen LogP) is 5.36. The van der Waals surface area contributed by atoms with E-state index in [4.69, 9.17) is 10.7 Å². The molecule has 2 atom stereocenters. The molecule has 4 N–H and O–H groups in total. The Morgan fingerprint density at radius 3 is 2.50 bits per heavy atom. The molecule has 184 valence electrons. The van der Waals surface area contributed by atoms with Gasteiger partial charge in [-0.15, -0.1) is 13.2 Å². The maximum Gasteiger partial charge on any atom is 0.573 e. The van der Waals surface area contributed by atoms with Gasteiger partial charge in [0.1, 0.15) is 11.6 Å². The van der Waals surface area contributed by atoms with Crippen molar-refractivity contribution in [3.63, 3.8) is 0 Å². The average Bonchev–Trinajstić information content (AvgIpc) is 2.80. The number of ether oxygens (including phenoxy) is 1. The Bertz CT molecular complexity index is 1020. The zero-order valence-corrected chi connectivity index (χ0v) is 19.7. The van der Waals surface area contributed by atoms with Gasteiger partial charge in [0.05, 0.1) is 6.04 Å². The summed E-state index contributed by atoms with van der Waals surface area (Å²) in [5.41, 5.74) is 9.09. The lowest BCUT2D eigenvalue weighted by atomic mass is 9.80. The fourth-order valence-electron chi connectivity index (χ4n) is 5.20. The van der Waals surface area contributed by atoms with E-state index in [0.29, 0.717) is 12.0 Å². The monoisotopic (exact) mass is 474 g/mol. The number of para-hydroxylation sites is 2. The first-order chi connectivity index (χ1) is 16.2. The quantitative estimate of drug-likeness (QED) is 0.527. The maximum absolute atomic E-state index is 12.7. The summed E-state index contributed by atoms with van der Waals surface area (Å²) < 4.78 is 42.4. The summed E-state index contributed by atoms with van der Waals surface area (Å²) in [6, 6.07) is 14.5. The van der Waals surface area contributed by atoms with Crippen molar-refractivity contribution < 1.29 is 17.9 Å². The Balaban J connectivity index is 1.37. The molecule has 0 radical (unpaired) electrons. The van der Waals surface area contributed by atoms with Gasteiger partial charge in [-0.2, -0.15) is 0 Å². The molecule has 2 aromatic rings. The highest BCUT2D eigenvalue weighted by molar-refractivity contribution is 5.99. The number of alkyl halides is 3. The molecule has 4 rings (SSSR count). The molecule has 0 aromatic heterocycles. The van der Waals surface area contributed by atoms with Crippen molar-refractivity contribution in [2.24, 2.45) is 16.6 Å². The van der Waals surface area contributed by atoms with Gasteiger partial charge in [-0.3, -0.25) is 4.99 Å². The van der Waals surface area contributed by atoms with Crippen molar-refractivity contribution in [1.29, 1.82) is 0 Å². The first-order valence-electron chi connectivity index (χ1n) is 11.9. The first kappa shape index (κ1) is 24.5. The standard InChI is InChI=1S/C26H33F3N4O/c1-25(31-2)16-24(33-22-9-5-4-8-20(22)25)32-19-13-11-17(12-14-19)21(30)15-18-7-3-6-10-23(18)34-26(27,28)29/h3-10,17,19,21,31H,11-16,30H2,1-2H3,(H,32,33). The molecular weight excluding hydrogens is 441 g/mol. The molecule has 1 aliphatic carbocycles. The lowest BCUT2D eigenvalue weighted by Gasteiger charge is -2.38. The lowest BCUT2D eigenvalue weighted by molar-refractivity contribution is -0.274. The molecule has 2 aliphatic rings. The third kappa shape index (κ3) is 5.73. The molecule has 8 heteroatoms. The number of hydrogen-bond donors (Lipinski definition) is 3. The number of amidine groups is 1. The van der Waals surface area contributed by atoms with E-state index in [1.54, 1.807) is 12.1 Å². The van der Waals surface area contributed by atoms with E-state index in [0.717, 1.165) is 43.6 Å². The predicted molar refractivity (Wildman–Crippen MR) is 129 cm³/mol. The minimum absolute atomic E-state index is 0.165. The average molecular weight is 475 g/mol. The van der Waals surface area contributed by atoms with E-state index in [1.807, 2.05) is 13.1 Å². The van der Waals surface area contributed by atoms with Crippen LogP contribution in [0.2, 0.25) is 0 Å². The summed E-state index contributed by atoms with van der Waals surface area (Å²) in [6.45, 7) is 2.19. The Hall–Kier alpha value is -2.58. The highest BCUT2D eigenvalue weighted by Crippen LogP contribution is 2.37. The Labute approximate surface area is 199 Å². The van der Waals surface area contributed by atoms with Crippen molar-refractivity contribution in [2.45, 2.75) is 69.4 Å². The molecule has 1 fully saturated rings. The molecule has 1 heterocycles. The number of nitrogens with one attached hydrogen (secondary N) is 2. The summed E-state index contributed by atoms with van der Waals surface area (Å²) >= 11 is 0. The largest absolute Gasteiger partial charge is 0.573 e. The van der Waals surface area contributed by atoms with Crippen LogP contribution in [0.4, 0.5) is 18.9 Å². The number of anilines is 1. The molecule has 34 heavy (non-hydrogen) atoms. The maximum atomic E-state index is 12.7. The van der Waals surface area contributed by atoms with Crippen LogP contribution >= 0.6 is 0 Å². The number of fused-ring (bicyclic) bond motifs is 1. The van der Waals surface area contributed by atoms with Gasteiger partial charge in [0.15, 0.2) is 0 Å². The Kier molecular flexibility index (Phi) is 7.19. The van der Waals surface area contributed by atoms with E-state index in [2.05, 4.69) is 40.5 Å². The number of benzene rings is 2. The zero-order valence-electron chi connectivity index (χ0n) is 19.7. The lowest BCUT2D eigenvalue weighted by Crippen LogP contribution is -2.44. The van der Waals surface area contributed by atoms with Crippen molar-refractivity contribution in [2.75, 3.05) is 12.4 Å².